The first kappa shape index (κ1) is 126. The monoisotopic (exact) mass is 1940 g/mol. The number of ether oxygens (including phenoxy) is 2. The summed E-state index contributed by atoms with van der Waals surface area (Å²) in [6, 6.07) is 98.1. The molecule has 0 fully saturated rings. The number of aryl methyl sites for hydroxylation is 11. The van der Waals surface area contributed by atoms with Crippen molar-refractivity contribution in [2.75, 3.05) is 27.5 Å². The fourth-order valence-corrected chi connectivity index (χ4v) is 21.2. The van der Waals surface area contributed by atoms with Crippen LogP contribution in [0.5, 0.6) is 11.5 Å². The van der Waals surface area contributed by atoms with Crippen molar-refractivity contribution < 1.29 is 78.9 Å². The van der Waals surface area contributed by atoms with E-state index in [2.05, 4.69) is 395 Å². The smallest absolute Gasteiger partial charge is 0.497 e. The Bertz CT molecular complexity index is 5090. The van der Waals surface area contributed by atoms with Crippen LogP contribution in [-0.4, -0.2) is 62.2 Å². The second-order valence-electron chi connectivity index (χ2n) is 31.9. The maximum Gasteiger partial charge on any atom is 2.00 e. The van der Waals surface area contributed by atoms with Crippen molar-refractivity contribution in [3.63, 3.8) is 0 Å². The molecule has 12 aromatic rings. The number of hydrogen-bond acceptors (Lipinski definition) is 6. The molecule has 18 heteroatoms. The van der Waals surface area contributed by atoms with E-state index in [4.69, 9.17) is 29.4 Å². The molecule has 10 nitrogen and oxygen atoms in total. The van der Waals surface area contributed by atoms with Crippen LogP contribution in [0.15, 0.2) is 299 Å². The molecule has 0 aliphatic heterocycles. The summed E-state index contributed by atoms with van der Waals surface area (Å²) in [6.45, 7) is 43.9. The van der Waals surface area contributed by atoms with Crippen LogP contribution >= 0.6 is 32.3 Å². The maximum atomic E-state index is 5.39. The maximum absolute atomic E-state index is 5.39. The minimum atomic E-state index is -1.43. The number of para-hydroxylation sites is 1. The minimum Gasteiger partial charge on any atom is -0.497 e. The van der Waals surface area contributed by atoms with Crippen molar-refractivity contribution in [2.45, 2.75) is 148 Å². The van der Waals surface area contributed by atoms with E-state index >= 15 is 0 Å². The Morgan fingerprint density at radius 1 is 0.320 bits per heavy atom. The molecular weight excluding hydrogens is 1800 g/mol. The number of methoxy groups -OCH3 is 2. The summed E-state index contributed by atoms with van der Waals surface area (Å²) in [6.07, 6.45) is 0.765. The van der Waals surface area contributed by atoms with Gasteiger partial charge in [-0.3, -0.25) is 0 Å². The van der Waals surface area contributed by atoms with Gasteiger partial charge in [0, 0.05) is 23.1 Å². The third-order valence-corrected chi connectivity index (χ3v) is 28.2. The van der Waals surface area contributed by atoms with Crippen LogP contribution in [-0.2, 0) is 81.3 Å². The largest absolute Gasteiger partial charge is 2.00 e. The van der Waals surface area contributed by atoms with Crippen LogP contribution in [0.25, 0.3) is 0 Å². The van der Waals surface area contributed by atoms with E-state index in [-0.39, 0.29) is 134 Å². The molecule has 4 N–H and O–H groups in total. The van der Waals surface area contributed by atoms with E-state index in [1.165, 1.54) is 82.4 Å². The van der Waals surface area contributed by atoms with E-state index in [1.54, 1.807) is 14.2 Å². The minimum absolute atomic E-state index is 0. The Balaban J connectivity index is -0.000000785. The third-order valence-electron chi connectivity index (χ3n) is 19.7. The summed E-state index contributed by atoms with van der Waals surface area (Å²) in [5, 5.41) is 20.3. The summed E-state index contributed by atoms with van der Waals surface area (Å²) < 4.78 is 10.8. The molecule has 12 rings (SSSR count). The first-order chi connectivity index (χ1) is 55.5. The fourth-order valence-electron chi connectivity index (χ4n) is 13.9. The van der Waals surface area contributed by atoms with Gasteiger partial charge >= 0.3 is 69.4 Å². The van der Waals surface area contributed by atoms with Gasteiger partial charge in [-0.1, -0.05) is 232 Å². The molecule has 0 heterocycles. The molecule has 0 radical (unpaired) electrons. The van der Waals surface area contributed by atoms with Gasteiger partial charge in [-0.05, 0) is 250 Å². The molecule has 0 spiro atoms. The number of nitrogens with one attached hydrogen (secondary N) is 4. The molecule has 680 valence electrons. The Morgan fingerprint density at radius 2 is 0.648 bits per heavy atom. The standard InChI is InChI=1S/C30H31N2P.C29H29N2O2P.C22H31N2P.C21H29N2P.8CH3.4Cr/c1-22-15-17-26(18-16-22)21-29(31-30-24(3)19-23(2)20-25(30)4)32-33(27-11-7-5-8-12-27)28-13-9-6-10-14-28;1-21-9-8-10-22(2)28(21)30-29(23-11-6-5-7-12-23)31-34(26-17-13-24(32-3)14-18-26)27-19-15-25(33-4)16-20-27;1-15-13-16(2)20(17(3)14-15)23-21(24-25(7)8)18-9-11-19(12-10-18)22(4,5)6;1-15(2)24(16(3)4)23-21(19-10-8-7-9-11-19)22-20-13-17(5)12-18(6)14-20;;;;;;;;;;;;/h5-20H,21H2,1-4H3,(H,31,32);5-20H,1-4H3,(H,30,31);9-14H,1-8H3,(H,23,24);7-16H,1-6H3,(H,22,23);8*1H3;;;;/q;;;;8*-1;4*+2/p+4. The Labute approximate surface area is 826 Å². The molecule has 12 aromatic carbocycles. The van der Waals surface area contributed by atoms with Gasteiger partial charge in [0.2, 0.25) is 0 Å². The molecule has 0 unspecified atom stereocenters. The normalized spacial score (nSPS) is 10.8. The number of benzene rings is 12. The first-order valence-electron chi connectivity index (χ1n) is 40.3. The molecule has 0 aliphatic rings. The van der Waals surface area contributed by atoms with Gasteiger partial charge in [-0.15, -0.1) is 0 Å². The van der Waals surface area contributed by atoms with Gasteiger partial charge in [0.1, 0.15) is 38.6 Å². The van der Waals surface area contributed by atoms with Gasteiger partial charge in [-0.25, -0.2) is 40.3 Å². The number of hydrogen-bond donors (Lipinski definition) is 4. The summed E-state index contributed by atoms with van der Waals surface area (Å²) in [5.41, 5.74) is 25.1. The average molecular weight is 1950 g/mol. The SMILES string of the molecule is COc1ccc([PH+](NC(=Nc2c(C)cccc2C)c2ccccc2)c2ccc(OC)cc2)cc1.Cc1cc(C)c(N=C(N[PH+](C)C)c2ccc(C(C)(C)C)cc2)c(C)c1.Cc1cc(C)cc(N=C(N[PH+](C(C)C)C(C)C)c2ccccc2)c1.Cc1ccc(CC(=Nc2c(C)cc(C)cc2C)N[PH+](c2ccccc2)c2ccccc2)cc1.[CH3-].[CH3-].[CH3-].[CH3-].[CH3-].[CH3-].[CH3-].[CH3-].[Cr+2].[Cr+2].[Cr+2].[Cr+2]. The predicted octanol–water partition coefficient (Wildman–Crippen LogP) is 27.8. The summed E-state index contributed by atoms with van der Waals surface area (Å²) in [7, 11) is -0.710. The quantitative estimate of drug-likeness (QED) is 0.0247. The number of aliphatic imine (C=N–C) groups is 4. The van der Waals surface area contributed by atoms with Crippen LogP contribution in [0.1, 0.15) is 137 Å². The van der Waals surface area contributed by atoms with E-state index in [1.807, 2.05) is 42.5 Å². The average Bonchev–Trinajstić information content (AvgIpc) is 0.819. The van der Waals surface area contributed by atoms with Crippen LogP contribution in [0, 0.1) is 136 Å². The molecule has 0 saturated heterocycles. The number of rotatable bonds is 21. The number of amidine groups is 4. The zero-order valence-electron chi connectivity index (χ0n) is 82.2. The van der Waals surface area contributed by atoms with Crippen LogP contribution in [0.4, 0.5) is 22.7 Å². The van der Waals surface area contributed by atoms with Crippen molar-refractivity contribution in [3.05, 3.63) is 427 Å². The topological polar surface area (TPSA) is 116 Å². The molecule has 0 aliphatic carbocycles. The Hall–Kier alpha value is -8.03. The Kier molecular flexibility index (Phi) is 61.5. The van der Waals surface area contributed by atoms with Gasteiger partial charge in [0.25, 0.3) is 0 Å². The van der Waals surface area contributed by atoms with Gasteiger partial charge in [0.15, 0.2) is 33.7 Å². The zero-order chi connectivity index (χ0) is 83.6. The molecule has 0 atom stereocenters. The molecule has 0 amide bonds. The van der Waals surface area contributed by atoms with Crippen molar-refractivity contribution >= 4 is 99.6 Å². The third kappa shape index (κ3) is 38.8. The predicted molar refractivity (Wildman–Crippen MR) is 568 cm³/mol. The molecule has 128 heavy (non-hydrogen) atoms. The fraction of sp³-hybridized carbons (Fsp3) is 0.236. The molecule has 0 aromatic heterocycles. The van der Waals surface area contributed by atoms with Gasteiger partial charge < -0.3 is 68.9 Å². The summed E-state index contributed by atoms with van der Waals surface area (Å²) >= 11 is 0. The van der Waals surface area contributed by atoms with E-state index in [9.17, 15) is 0 Å². The summed E-state index contributed by atoms with van der Waals surface area (Å²) in [4.78, 5) is 20.4. The first-order valence-corrected chi connectivity index (χ1v) is 47.5. The Morgan fingerprint density at radius 3 is 1.02 bits per heavy atom. The van der Waals surface area contributed by atoms with Crippen LogP contribution < -0.4 is 51.0 Å². The second-order valence-corrected chi connectivity index (χ2v) is 42.0. The van der Waals surface area contributed by atoms with E-state index in [0.29, 0.717) is 11.3 Å². The van der Waals surface area contributed by atoms with Gasteiger partial charge in [0.05, 0.1) is 77.8 Å². The molecule has 0 saturated carbocycles. The second kappa shape index (κ2) is 62.3. The molecule has 0 bridgehead atoms. The van der Waals surface area contributed by atoms with Gasteiger partial charge in [-0.2, -0.15) is 0 Å². The number of nitrogens with zero attached hydrogens (tertiary/aromatic N) is 4. The van der Waals surface area contributed by atoms with Crippen molar-refractivity contribution in [3.8, 4) is 11.5 Å². The van der Waals surface area contributed by atoms with E-state index in [0.717, 1.165) is 91.8 Å². The van der Waals surface area contributed by atoms with Crippen molar-refractivity contribution in [1.82, 2.24) is 20.3 Å². The van der Waals surface area contributed by atoms with Crippen molar-refractivity contribution in [2.24, 2.45) is 20.0 Å². The van der Waals surface area contributed by atoms with Crippen LogP contribution in [0.2, 0.25) is 0 Å². The van der Waals surface area contributed by atoms with E-state index < -0.39 is 32.3 Å². The molecular formula is C110H148Cr4N8O2P4+4. The zero-order valence-corrected chi connectivity index (χ0v) is 91.3. The van der Waals surface area contributed by atoms with Crippen molar-refractivity contribution in [1.29, 1.82) is 0 Å². The van der Waals surface area contributed by atoms with Crippen LogP contribution in [0.3, 0.4) is 0 Å². The summed E-state index contributed by atoms with van der Waals surface area (Å²) in [5.74, 6) is 5.53.